The van der Waals surface area contributed by atoms with Gasteiger partial charge in [-0.05, 0) is 24.1 Å². The van der Waals surface area contributed by atoms with Crippen LogP contribution in [0, 0.1) is 6.92 Å². The molecule has 0 unspecified atom stereocenters. The van der Waals surface area contributed by atoms with Gasteiger partial charge in [-0.2, -0.15) is 0 Å². The van der Waals surface area contributed by atoms with Crippen molar-refractivity contribution in [2.24, 2.45) is 0 Å². The van der Waals surface area contributed by atoms with Gasteiger partial charge in [0.2, 0.25) is 0 Å². The number of H-pyrrole nitrogens is 1. The number of aliphatic hydroxyl groups excluding tert-OH is 1. The molecule has 0 aliphatic rings. The highest BCUT2D eigenvalue weighted by atomic mass is 32.1. The van der Waals surface area contributed by atoms with Gasteiger partial charge in [0.1, 0.15) is 11.9 Å². The second kappa shape index (κ2) is 5.52. The topological polar surface area (TPSA) is 74.7 Å². The van der Waals surface area contributed by atoms with Gasteiger partial charge in [0.15, 0.2) is 0 Å². The van der Waals surface area contributed by atoms with Gasteiger partial charge >= 0.3 is 0 Å². The SMILES string of the molecule is Cc1cnccc1Cc1cnc([C@H](O)c2cncs2)[nH]1. The average molecular weight is 286 g/mol. The zero-order valence-electron chi connectivity index (χ0n) is 10.9. The molecule has 0 spiro atoms. The van der Waals surface area contributed by atoms with E-state index in [-0.39, 0.29) is 0 Å². The largest absolute Gasteiger partial charge is 0.379 e. The molecule has 0 saturated heterocycles. The average Bonchev–Trinajstić information content (AvgIpc) is 3.12. The molecule has 0 fully saturated rings. The van der Waals surface area contributed by atoms with E-state index in [4.69, 9.17) is 0 Å². The van der Waals surface area contributed by atoms with E-state index < -0.39 is 6.10 Å². The van der Waals surface area contributed by atoms with Crippen LogP contribution in [0.3, 0.4) is 0 Å². The lowest BCUT2D eigenvalue weighted by molar-refractivity contribution is 0.214. The number of nitrogens with zero attached hydrogens (tertiary/aromatic N) is 3. The molecule has 0 aliphatic carbocycles. The Balaban J connectivity index is 1.79. The Kier molecular flexibility index (Phi) is 3.58. The van der Waals surface area contributed by atoms with Crippen LogP contribution in [0.4, 0.5) is 0 Å². The number of aromatic amines is 1. The number of pyridine rings is 1. The number of aliphatic hydroxyl groups is 1. The van der Waals surface area contributed by atoms with E-state index in [1.165, 1.54) is 16.9 Å². The number of imidazole rings is 1. The van der Waals surface area contributed by atoms with Crippen molar-refractivity contribution in [1.29, 1.82) is 0 Å². The highest BCUT2D eigenvalue weighted by Gasteiger charge is 2.15. The molecule has 0 aromatic carbocycles. The van der Waals surface area contributed by atoms with Crippen LogP contribution in [0.1, 0.15) is 33.6 Å². The van der Waals surface area contributed by atoms with Gasteiger partial charge in [-0.3, -0.25) is 9.97 Å². The van der Waals surface area contributed by atoms with E-state index >= 15 is 0 Å². The summed E-state index contributed by atoms with van der Waals surface area (Å²) in [4.78, 5) is 16.3. The molecular weight excluding hydrogens is 272 g/mol. The Labute approximate surface area is 120 Å². The van der Waals surface area contributed by atoms with Gasteiger partial charge in [-0.15, -0.1) is 11.3 Å². The normalized spacial score (nSPS) is 12.5. The minimum Gasteiger partial charge on any atom is -0.379 e. The molecule has 5 nitrogen and oxygen atoms in total. The molecule has 3 aromatic rings. The van der Waals surface area contributed by atoms with E-state index in [0.717, 1.165) is 22.6 Å². The summed E-state index contributed by atoms with van der Waals surface area (Å²) in [5.74, 6) is 0.552. The molecule has 0 aliphatic heterocycles. The van der Waals surface area contributed by atoms with Crippen LogP contribution in [0.5, 0.6) is 0 Å². The van der Waals surface area contributed by atoms with E-state index in [1.807, 2.05) is 19.2 Å². The second-order valence-electron chi connectivity index (χ2n) is 4.58. The van der Waals surface area contributed by atoms with Crippen molar-refractivity contribution >= 4 is 11.3 Å². The van der Waals surface area contributed by atoms with Crippen LogP contribution in [0.25, 0.3) is 0 Å². The maximum atomic E-state index is 10.2. The van der Waals surface area contributed by atoms with Crippen LogP contribution >= 0.6 is 11.3 Å². The van der Waals surface area contributed by atoms with Crippen molar-refractivity contribution in [3.05, 3.63) is 63.9 Å². The number of thiazole rings is 1. The molecule has 20 heavy (non-hydrogen) atoms. The number of hydrogen-bond donors (Lipinski definition) is 2. The van der Waals surface area contributed by atoms with E-state index in [1.54, 1.807) is 24.1 Å². The summed E-state index contributed by atoms with van der Waals surface area (Å²) in [6, 6.07) is 2.00. The summed E-state index contributed by atoms with van der Waals surface area (Å²) in [7, 11) is 0. The maximum absolute atomic E-state index is 10.2. The fourth-order valence-electron chi connectivity index (χ4n) is 2.01. The van der Waals surface area contributed by atoms with Crippen molar-refractivity contribution in [2.45, 2.75) is 19.4 Å². The standard InChI is InChI=1S/C14H14N4OS/c1-9-5-15-3-2-10(9)4-11-6-17-14(18-11)13(19)12-7-16-8-20-12/h2-3,5-8,13,19H,4H2,1H3,(H,17,18)/t13-/m1/s1. The molecule has 3 aromatic heterocycles. The van der Waals surface area contributed by atoms with Crippen LogP contribution < -0.4 is 0 Å². The molecule has 102 valence electrons. The van der Waals surface area contributed by atoms with Crippen molar-refractivity contribution < 1.29 is 5.11 Å². The van der Waals surface area contributed by atoms with Crippen LogP contribution in [-0.2, 0) is 6.42 Å². The molecule has 0 bridgehead atoms. The Morgan fingerprint density at radius 2 is 2.20 bits per heavy atom. The third-order valence-corrected chi connectivity index (χ3v) is 3.97. The molecule has 0 amide bonds. The second-order valence-corrected chi connectivity index (χ2v) is 5.50. The predicted molar refractivity (Wildman–Crippen MR) is 76.5 cm³/mol. The van der Waals surface area contributed by atoms with Gasteiger partial charge < -0.3 is 10.1 Å². The third kappa shape index (κ3) is 2.61. The molecule has 0 saturated carbocycles. The van der Waals surface area contributed by atoms with Crippen molar-refractivity contribution in [2.75, 3.05) is 0 Å². The van der Waals surface area contributed by atoms with Gasteiger partial charge in [0, 0.05) is 36.9 Å². The minimum atomic E-state index is -0.741. The Bertz CT molecular complexity index is 693. The highest BCUT2D eigenvalue weighted by Crippen LogP contribution is 2.23. The van der Waals surface area contributed by atoms with Crippen molar-refractivity contribution in [1.82, 2.24) is 19.9 Å². The van der Waals surface area contributed by atoms with E-state index in [0.29, 0.717) is 5.82 Å². The monoisotopic (exact) mass is 286 g/mol. The molecular formula is C14H14N4OS. The first kappa shape index (κ1) is 13.0. The van der Waals surface area contributed by atoms with Gasteiger partial charge in [-0.1, -0.05) is 0 Å². The Hall–Kier alpha value is -2.05. The van der Waals surface area contributed by atoms with Gasteiger partial charge in [0.25, 0.3) is 0 Å². The lowest BCUT2D eigenvalue weighted by Gasteiger charge is -2.04. The lowest BCUT2D eigenvalue weighted by Crippen LogP contribution is -2.00. The molecule has 3 rings (SSSR count). The summed E-state index contributed by atoms with van der Waals surface area (Å²) in [5, 5.41) is 10.2. The van der Waals surface area contributed by atoms with Crippen LogP contribution in [0.2, 0.25) is 0 Å². The number of hydrogen-bond acceptors (Lipinski definition) is 5. The Morgan fingerprint density at radius 1 is 1.30 bits per heavy atom. The fourth-order valence-corrected chi connectivity index (χ4v) is 2.61. The molecule has 0 radical (unpaired) electrons. The van der Waals surface area contributed by atoms with Crippen molar-refractivity contribution in [3.8, 4) is 0 Å². The first-order chi connectivity index (χ1) is 9.74. The van der Waals surface area contributed by atoms with Gasteiger partial charge in [0.05, 0.1) is 10.4 Å². The molecule has 3 heterocycles. The van der Waals surface area contributed by atoms with Crippen LogP contribution in [0.15, 0.2) is 36.4 Å². The van der Waals surface area contributed by atoms with Crippen molar-refractivity contribution in [3.63, 3.8) is 0 Å². The third-order valence-electron chi connectivity index (χ3n) is 3.15. The summed E-state index contributed by atoms with van der Waals surface area (Å²) in [5.41, 5.74) is 5.01. The maximum Gasteiger partial charge on any atom is 0.147 e. The number of aromatic nitrogens is 4. The summed E-state index contributed by atoms with van der Waals surface area (Å²) in [6.07, 6.45) is 7.06. The summed E-state index contributed by atoms with van der Waals surface area (Å²) >= 11 is 1.41. The van der Waals surface area contributed by atoms with E-state index in [2.05, 4.69) is 19.9 Å². The smallest absolute Gasteiger partial charge is 0.147 e. The van der Waals surface area contributed by atoms with Crippen LogP contribution in [-0.4, -0.2) is 25.0 Å². The predicted octanol–water partition coefficient (Wildman–Crippen LogP) is 2.24. The molecule has 1 atom stereocenters. The minimum absolute atomic E-state index is 0.552. The summed E-state index contributed by atoms with van der Waals surface area (Å²) in [6.45, 7) is 2.03. The quantitative estimate of drug-likeness (QED) is 0.771. The fraction of sp³-hybridized carbons (Fsp3) is 0.214. The Morgan fingerprint density at radius 3 is 2.95 bits per heavy atom. The zero-order chi connectivity index (χ0) is 13.9. The number of nitrogens with one attached hydrogen (secondary N) is 1. The van der Waals surface area contributed by atoms with Gasteiger partial charge in [-0.25, -0.2) is 4.98 Å². The molecule has 2 N–H and O–H groups in total. The lowest BCUT2D eigenvalue weighted by atomic mass is 10.1. The zero-order valence-corrected chi connectivity index (χ0v) is 11.8. The first-order valence-electron chi connectivity index (χ1n) is 6.24. The number of aryl methyl sites for hydroxylation is 1. The first-order valence-corrected chi connectivity index (χ1v) is 7.11. The number of rotatable bonds is 4. The van der Waals surface area contributed by atoms with E-state index in [9.17, 15) is 5.11 Å². The molecule has 6 heteroatoms. The summed E-state index contributed by atoms with van der Waals surface area (Å²) < 4.78 is 0. The highest BCUT2D eigenvalue weighted by molar-refractivity contribution is 7.09.